The molecule has 0 N–H and O–H groups in total. The molecule has 2 aromatic rings. The Kier molecular flexibility index (Phi) is 2.14. The second-order valence-electron chi connectivity index (χ2n) is 3.88. The number of fused-ring (bicyclic) bond motifs is 3. The third-order valence-electron chi connectivity index (χ3n) is 3.12. The number of halogens is 1. The van der Waals surface area contributed by atoms with Crippen molar-refractivity contribution in [3.63, 3.8) is 0 Å². The van der Waals surface area contributed by atoms with Crippen LogP contribution in [0.2, 0.25) is 0 Å². The first-order valence-electron chi connectivity index (χ1n) is 5.16. The van der Waals surface area contributed by atoms with Crippen LogP contribution in [0.15, 0.2) is 48.5 Å². The second-order valence-corrected chi connectivity index (χ2v) is 4.53. The first-order chi connectivity index (χ1) is 7.42. The maximum atomic E-state index is 3.62. The van der Waals surface area contributed by atoms with Crippen LogP contribution in [-0.2, 0) is 0 Å². The molecular formula is C14H11Br. The Hall–Kier alpha value is -1.08. The van der Waals surface area contributed by atoms with E-state index >= 15 is 0 Å². The summed E-state index contributed by atoms with van der Waals surface area (Å²) in [5.41, 5.74) is 5.71. The van der Waals surface area contributed by atoms with Gasteiger partial charge in [-0.05, 0) is 22.3 Å². The van der Waals surface area contributed by atoms with Crippen molar-refractivity contribution in [1.29, 1.82) is 0 Å². The third-order valence-corrected chi connectivity index (χ3v) is 3.76. The molecule has 0 radical (unpaired) electrons. The third kappa shape index (κ3) is 1.26. The van der Waals surface area contributed by atoms with Gasteiger partial charge in [0.25, 0.3) is 0 Å². The molecule has 0 aromatic heterocycles. The molecule has 0 spiro atoms. The van der Waals surface area contributed by atoms with Crippen molar-refractivity contribution in [2.24, 2.45) is 0 Å². The van der Waals surface area contributed by atoms with Crippen LogP contribution in [0.1, 0.15) is 17.0 Å². The Morgan fingerprint density at radius 2 is 1.27 bits per heavy atom. The maximum Gasteiger partial charge on any atom is 0.0199 e. The molecule has 0 aliphatic heterocycles. The van der Waals surface area contributed by atoms with Gasteiger partial charge in [0.1, 0.15) is 0 Å². The zero-order valence-corrected chi connectivity index (χ0v) is 9.87. The van der Waals surface area contributed by atoms with Crippen LogP contribution in [0.4, 0.5) is 0 Å². The average molecular weight is 259 g/mol. The number of rotatable bonds is 1. The predicted octanol–water partition coefficient (Wildman–Crippen LogP) is 4.19. The van der Waals surface area contributed by atoms with Gasteiger partial charge in [0, 0.05) is 11.2 Å². The van der Waals surface area contributed by atoms with E-state index in [2.05, 4.69) is 64.5 Å². The first-order valence-corrected chi connectivity index (χ1v) is 6.28. The van der Waals surface area contributed by atoms with Crippen molar-refractivity contribution in [2.45, 2.75) is 5.92 Å². The fourth-order valence-corrected chi connectivity index (χ4v) is 3.12. The Morgan fingerprint density at radius 1 is 0.800 bits per heavy atom. The van der Waals surface area contributed by atoms with Gasteiger partial charge in [0.05, 0.1) is 0 Å². The van der Waals surface area contributed by atoms with Crippen LogP contribution in [-0.4, -0.2) is 5.33 Å². The van der Waals surface area contributed by atoms with E-state index in [9.17, 15) is 0 Å². The van der Waals surface area contributed by atoms with Gasteiger partial charge in [0.15, 0.2) is 0 Å². The molecule has 15 heavy (non-hydrogen) atoms. The van der Waals surface area contributed by atoms with Crippen LogP contribution in [0.3, 0.4) is 0 Å². The monoisotopic (exact) mass is 258 g/mol. The van der Waals surface area contributed by atoms with E-state index in [1.165, 1.54) is 22.3 Å². The minimum absolute atomic E-state index is 0.525. The van der Waals surface area contributed by atoms with Gasteiger partial charge in [-0.3, -0.25) is 0 Å². The van der Waals surface area contributed by atoms with E-state index in [-0.39, 0.29) is 0 Å². The smallest absolute Gasteiger partial charge is 0.0199 e. The van der Waals surface area contributed by atoms with Gasteiger partial charge in [-0.2, -0.15) is 0 Å². The van der Waals surface area contributed by atoms with Crippen molar-refractivity contribution in [1.82, 2.24) is 0 Å². The van der Waals surface area contributed by atoms with Crippen molar-refractivity contribution < 1.29 is 0 Å². The highest BCUT2D eigenvalue weighted by Gasteiger charge is 2.26. The van der Waals surface area contributed by atoms with Crippen LogP contribution in [0, 0.1) is 0 Å². The predicted molar refractivity (Wildman–Crippen MR) is 67.5 cm³/mol. The van der Waals surface area contributed by atoms with Gasteiger partial charge in [0.2, 0.25) is 0 Å². The first kappa shape index (κ1) is 9.17. The molecule has 74 valence electrons. The van der Waals surface area contributed by atoms with E-state index in [4.69, 9.17) is 0 Å². The lowest BCUT2D eigenvalue weighted by molar-refractivity contribution is 0.981. The highest BCUT2D eigenvalue weighted by molar-refractivity contribution is 9.09. The molecule has 1 aliphatic carbocycles. The normalized spacial score (nSPS) is 13.7. The molecule has 0 saturated heterocycles. The zero-order valence-electron chi connectivity index (χ0n) is 8.28. The van der Waals surface area contributed by atoms with Gasteiger partial charge in [-0.15, -0.1) is 0 Å². The molecule has 1 aliphatic rings. The van der Waals surface area contributed by atoms with Crippen LogP contribution < -0.4 is 0 Å². The topological polar surface area (TPSA) is 0 Å². The lowest BCUT2D eigenvalue weighted by atomic mass is 10.00. The van der Waals surface area contributed by atoms with Gasteiger partial charge in [-0.25, -0.2) is 0 Å². The van der Waals surface area contributed by atoms with Crippen LogP contribution in [0.5, 0.6) is 0 Å². The molecule has 0 fully saturated rings. The van der Waals surface area contributed by atoms with Crippen LogP contribution in [0.25, 0.3) is 11.1 Å². The summed E-state index contributed by atoms with van der Waals surface area (Å²) in [6.07, 6.45) is 0. The van der Waals surface area contributed by atoms with Crippen LogP contribution >= 0.6 is 15.9 Å². The van der Waals surface area contributed by atoms with Gasteiger partial charge in [-0.1, -0.05) is 64.5 Å². The van der Waals surface area contributed by atoms with Crippen molar-refractivity contribution in [3.05, 3.63) is 59.7 Å². The maximum absolute atomic E-state index is 3.62. The SMILES string of the molecule is BrCC1c2ccccc2-c2ccccc21. The summed E-state index contributed by atoms with van der Waals surface area (Å²) < 4.78 is 0. The fraction of sp³-hybridized carbons (Fsp3) is 0.143. The van der Waals surface area contributed by atoms with Crippen molar-refractivity contribution >= 4 is 15.9 Å². The standard InChI is InChI=1S/C14H11Br/c15-9-14-12-7-3-1-5-10(12)11-6-2-4-8-13(11)14/h1-8,14H,9H2. The summed E-state index contributed by atoms with van der Waals surface area (Å²) in [5, 5.41) is 1.00. The summed E-state index contributed by atoms with van der Waals surface area (Å²) in [4.78, 5) is 0. The largest absolute Gasteiger partial charge is 0.0918 e. The molecule has 0 amide bonds. The molecular weight excluding hydrogens is 248 g/mol. The summed E-state index contributed by atoms with van der Waals surface area (Å²) >= 11 is 3.62. The fourth-order valence-electron chi connectivity index (χ4n) is 2.43. The lowest BCUT2D eigenvalue weighted by Crippen LogP contribution is -1.96. The summed E-state index contributed by atoms with van der Waals surface area (Å²) in [6, 6.07) is 17.4. The van der Waals surface area contributed by atoms with Gasteiger partial charge < -0.3 is 0 Å². The minimum atomic E-state index is 0.525. The molecule has 0 bridgehead atoms. The minimum Gasteiger partial charge on any atom is -0.0918 e. The number of alkyl halides is 1. The lowest BCUT2D eigenvalue weighted by Gasteiger charge is -2.08. The molecule has 0 heterocycles. The molecule has 0 nitrogen and oxygen atoms in total. The van der Waals surface area contributed by atoms with E-state index < -0.39 is 0 Å². The van der Waals surface area contributed by atoms with E-state index in [0.29, 0.717) is 5.92 Å². The highest BCUT2D eigenvalue weighted by atomic mass is 79.9. The molecule has 0 saturated carbocycles. The van der Waals surface area contributed by atoms with E-state index in [1.807, 2.05) is 0 Å². The number of hydrogen-bond donors (Lipinski definition) is 0. The summed E-state index contributed by atoms with van der Waals surface area (Å²) in [5.74, 6) is 0.525. The number of hydrogen-bond acceptors (Lipinski definition) is 0. The quantitative estimate of drug-likeness (QED) is 0.673. The van der Waals surface area contributed by atoms with Gasteiger partial charge >= 0.3 is 0 Å². The zero-order chi connectivity index (χ0) is 10.3. The molecule has 3 rings (SSSR count). The summed E-state index contributed by atoms with van der Waals surface area (Å²) in [6.45, 7) is 0. The van der Waals surface area contributed by atoms with E-state index in [0.717, 1.165) is 5.33 Å². The van der Waals surface area contributed by atoms with Crippen molar-refractivity contribution in [3.8, 4) is 11.1 Å². The molecule has 1 heteroatoms. The van der Waals surface area contributed by atoms with E-state index in [1.54, 1.807) is 0 Å². The number of benzene rings is 2. The molecule has 2 aromatic carbocycles. The average Bonchev–Trinajstić information content (AvgIpc) is 2.63. The van der Waals surface area contributed by atoms with Crippen molar-refractivity contribution in [2.75, 3.05) is 5.33 Å². The Morgan fingerprint density at radius 3 is 1.73 bits per heavy atom. The second kappa shape index (κ2) is 3.49. The Bertz CT molecular complexity index is 457. The Balaban J connectivity index is 2.31. The molecule has 0 unspecified atom stereocenters. The Labute approximate surface area is 98.1 Å². The highest BCUT2D eigenvalue weighted by Crippen LogP contribution is 2.44. The summed E-state index contributed by atoms with van der Waals surface area (Å²) in [7, 11) is 0. The molecule has 0 atom stereocenters.